The molecule has 0 aromatic heterocycles. The van der Waals surface area contributed by atoms with Crippen LogP contribution in [0.5, 0.6) is 5.75 Å². The molecule has 0 bridgehead atoms. The molecule has 0 radical (unpaired) electrons. The van der Waals surface area contributed by atoms with Gasteiger partial charge in [0.05, 0.1) is 0 Å². The molecule has 4 heteroatoms. The summed E-state index contributed by atoms with van der Waals surface area (Å²) in [7, 11) is 0. The molecule has 0 amide bonds. The molecule has 2 unspecified atom stereocenters. The van der Waals surface area contributed by atoms with Gasteiger partial charge in [-0.25, -0.2) is 0 Å². The van der Waals surface area contributed by atoms with E-state index in [1.54, 1.807) is 0 Å². The fraction of sp³-hybridized carbons (Fsp3) is 0.684. The van der Waals surface area contributed by atoms with Crippen LogP contribution in [0.3, 0.4) is 0 Å². The molecule has 1 aliphatic rings. The van der Waals surface area contributed by atoms with Crippen LogP contribution >= 0.6 is 0 Å². The van der Waals surface area contributed by atoms with Gasteiger partial charge in [0.1, 0.15) is 18.5 Å². The van der Waals surface area contributed by atoms with Crippen molar-refractivity contribution < 1.29 is 14.9 Å². The first-order valence-corrected chi connectivity index (χ1v) is 8.55. The summed E-state index contributed by atoms with van der Waals surface area (Å²) < 4.78 is 5.90. The Hall–Kier alpha value is -1.10. The number of nitrogens with zero attached hydrogens (tertiary/aromatic N) is 1. The Morgan fingerprint density at radius 1 is 1.26 bits per heavy atom. The van der Waals surface area contributed by atoms with Gasteiger partial charge in [-0.1, -0.05) is 19.1 Å². The minimum absolute atomic E-state index is 0.0391. The third kappa shape index (κ3) is 4.69. The average Bonchev–Trinajstić information content (AvgIpc) is 2.51. The Bertz CT molecular complexity index is 532. The molecular weight excluding hydrogens is 290 g/mol. The van der Waals surface area contributed by atoms with E-state index in [0.717, 1.165) is 42.8 Å². The molecule has 0 spiro atoms. The maximum Gasteiger partial charge on any atom is 0.125 e. The van der Waals surface area contributed by atoms with Crippen molar-refractivity contribution in [3.8, 4) is 5.75 Å². The molecule has 1 saturated heterocycles. The minimum Gasteiger partial charge on any atom is -0.490 e. The smallest absolute Gasteiger partial charge is 0.125 e. The summed E-state index contributed by atoms with van der Waals surface area (Å²) in [5.74, 6) is 0.892. The zero-order chi connectivity index (χ0) is 17.0. The third-order valence-electron chi connectivity index (χ3n) is 5.00. The number of piperidine rings is 1. The number of hydrogen-bond acceptors (Lipinski definition) is 4. The quantitative estimate of drug-likeness (QED) is 0.845. The molecule has 0 aliphatic carbocycles. The molecule has 1 fully saturated rings. The van der Waals surface area contributed by atoms with Crippen molar-refractivity contribution in [2.45, 2.75) is 46.6 Å². The molecular formula is C19H31NO3. The van der Waals surface area contributed by atoms with E-state index in [0.29, 0.717) is 13.2 Å². The lowest BCUT2D eigenvalue weighted by Gasteiger charge is -2.40. The van der Waals surface area contributed by atoms with Crippen molar-refractivity contribution in [3.63, 3.8) is 0 Å². The SMILES string of the molecule is Cc1ccc(C)c(OCC(O)CN2CCCC(C)(CO)C2)c1C. The molecule has 1 heterocycles. The van der Waals surface area contributed by atoms with Gasteiger partial charge in [-0.3, -0.25) is 0 Å². The number of ether oxygens (including phenoxy) is 1. The van der Waals surface area contributed by atoms with Gasteiger partial charge in [0.15, 0.2) is 0 Å². The van der Waals surface area contributed by atoms with Gasteiger partial charge < -0.3 is 19.8 Å². The first kappa shape index (κ1) is 18.2. The molecule has 130 valence electrons. The number of aryl methyl sites for hydroxylation is 2. The summed E-state index contributed by atoms with van der Waals surface area (Å²) in [6.45, 7) is 11.2. The Morgan fingerprint density at radius 3 is 2.65 bits per heavy atom. The maximum absolute atomic E-state index is 10.3. The highest BCUT2D eigenvalue weighted by molar-refractivity contribution is 5.44. The van der Waals surface area contributed by atoms with Crippen molar-refractivity contribution in [1.82, 2.24) is 4.90 Å². The summed E-state index contributed by atoms with van der Waals surface area (Å²) in [4.78, 5) is 2.24. The predicted molar refractivity (Wildman–Crippen MR) is 93.0 cm³/mol. The molecule has 2 N–H and O–H groups in total. The van der Waals surface area contributed by atoms with Crippen molar-refractivity contribution in [1.29, 1.82) is 0 Å². The Morgan fingerprint density at radius 2 is 1.96 bits per heavy atom. The Labute approximate surface area is 140 Å². The van der Waals surface area contributed by atoms with Gasteiger partial charge in [-0.2, -0.15) is 0 Å². The van der Waals surface area contributed by atoms with E-state index >= 15 is 0 Å². The van der Waals surface area contributed by atoms with Gasteiger partial charge >= 0.3 is 0 Å². The van der Waals surface area contributed by atoms with Crippen LogP contribution in [0.2, 0.25) is 0 Å². The van der Waals surface area contributed by atoms with Crippen LogP contribution in [0.4, 0.5) is 0 Å². The molecule has 2 atom stereocenters. The first-order valence-electron chi connectivity index (χ1n) is 8.55. The Kier molecular flexibility index (Phi) is 6.06. The van der Waals surface area contributed by atoms with Crippen molar-refractivity contribution >= 4 is 0 Å². The lowest BCUT2D eigenvalue weighted by Crippen LogP contribution is -2.47. The molecule has 23 heavy (non-hydrogen) atoms. The number of aliphatic hydroxyl groups excluding tert-OH is 2. The van der Waals surface area contributed by atoms with Crippen molar-refractivity contribution in [3.05, 3.63) is 28.8 Å². The van der Waals surface area contributed by atoms with E-state index in [1.165, 1.54) is 5.56 Å². The molecule has 1 aromatic carbocycles. The number of aliphatic hydroxyl groups is 2. The third-order valence-corrected chi connectivity index (χ3v) is 5.00. The zero-order valence-corrected chi connectivity index (χ0v) is 14.9. The average molecular weight is 321 g/mol. The van der Waals surface area contributed by atoms with E-state index in [2.05, 4.69) is 37.8 Å². The van der Waals surface area contributed by atoms with Gasteiger partial charge in [-0.05, 0) is 56.8 Å². The van der Waals surface area contributed by atoms with E-state index in [4.69, 9.17) is 4.74 Å². The standard InChI is InChI=1S/C19H31NO3/c1-14-6-7-15(2)18(16(14)3)23-11-17(22)10-20-9-5-8-19(4,12-20)13-21/h6-7,17,21-22H,5,8-13H2,1-4H3. The van der Waals surface area contributed by atoms with E-state index < -0.39 is 6.10 Å². The van der Waals surface area contributed by atoms with Crippen LogP contribution in [0.15, 0.2) is 12.1 Å². The van der Waals surface area contributed by atoms with Crippen LogP contribution in [0, 0.1) is 26.2 Å². The summed E-state index contributed by atoms with van der Waals surface area (Å²) >= 11 is 0. The van der Waals surface area contributed by atoms with Crippen LogP contribution in [0.1, 0.15) is 36.5 Å². The number of hydrogen-bond donors (Lipinski definition) is 2. The lowest BCUT2D eigenvalue weighted by molar-refractivity contribution is 0.00991. The molecule has 4 nitrogen and oxygen atoms in total. The summed E-state index contributed by atoms with van der Waals surface area (Å²) in [5, 5.41) is 19.9. The van der Waals surface area contributed by atoms with E-state index in [-0.39, 0.29) is 12.0 Å². The predicted octanol–water partition coefficient (Wildman–Crippen LogP) is 2.45. The van der Waals surface area contributed by atoms with Gasteiger partial charge in [0.2, 0.25) is 0 Å². The van der Waals surface area contributed by atoms with Crippen molar-refractivity contribution in [2.75, 3.05) is 32.8 Å². The number of β-amino-alcohol motifs (C(OH)–C–C–N with tert-alkyl or cyclic N) is 1. The maximum atomic E-state index is 10.3. The normalized spacial score (nSPS) is 23.7. The van der Waals surface area contributed by atoms with Gasteiger partial charge in [0, 0.05) is 25.1 Å². The van der Waals surface area contributed by atoms with Crippen LogP contribution < -0.4 is 4.74 Å². The van der Waals surface area contributed by atoms with Crippen LogP contribution in [0.25, 0.3) is 0 Å². The van der Waals surface area contributed by atoms with E-state index in [9.17, 15) is 10.2 Å². The molecule has 1 aliphatic heterocycles. The number of benzene rings is 1. The lowest BCUT2D eigenvalue weighted by atomic mass is 9.83. The largest absolute Gasteiger partial charge is 0.490 e. The van der Waals surface area contributed by atoms with E-state index in [1.807, 2.05) is 6.92 Å². The molecule has 1 aromatic rings. The summed E-state index contributed by atoms with van der Waals surface area (Å²) in [6.07, 6.45) is 1.60. The Balaban J connectivity index is 1.88. The monoisotopic (exact) mass is 321 g/mol. The second kappa shape index (κ2) is 7.65. The zero-order valence-electron chi connectivity index (χ0n) is 14.9. The van der Waals surface area contributed by atoms with Crippen molar-refractivity contribution in [2.24, 2.45) is 5.41 Å². The topological polar surface area (TPSA) is 52.9 Å². The highest BCUT2D eigenvalue weighted by Gasteiger charge is 2.31. The second-order valence-electron chi connectivity index (χ2n) is 7.43. The van der Waals surface area contributed by atoms with Crippen LogP contribution in [-0.4, -0.2) is 54.1 Å². The fourth-order valence-corrected chi connectivity index (χ4v) is 3.39. The minimum atomic E-state index is -0.518. The number of rotatable bonds is 6. The highest BCUT2D eigenvalue weighted by Crippen LogP contribution is 2.29. The summed E-state index contributed by atoms with van der Waals surface area (Å²) in [6, 6.07) is 4.15. The second-order valence-corrected chi connectivity index (χ2v) is 7.43. The number of likely N-dealkylation sites (tertiary alicyclic amines) is 1. The molecule has 2 rings (SSSR count). The van der Waals surface area contributed by atoms with Gasteiger partial charge in [-0.15, -0.1) is 0 Å². The van der Waals surface area contributed by atoms with Gasteiger partial charge in [0.25, 0.3) is 0 Å². The first-order chi connectivity index (χ1) is 10.8. The summed E-state index contributed by atoms with van der Waals surface area (Å²) in [5.41, 5.74) is 3.41. The van der Waals surface area contributed by atoms with Crippen LogP contribution in [-0.2, 0) is 0 Å². The fourth-order valence-electron chi connectivity index (χ4n) is 3.39. The highest BCUT2D eigenvalue weighted by atomic mass is 16.5. The molecule has 0 saturated carbocycles.